The van der Waals surface area contributed by atoms with Gasteiger partial charge in [0.05, 0.1) is 19.3 Å². The Balaban J connectivity index is 2.94. The predicted octanol–water partition coefficient (Wildman–Crippen LogP) is 5.79. The van der Waals surface area contributed by atoms with Crippen LogP contribution in [0.15, 0.2) is 55.1 Å². The van der Waals surface area contributed by atoms with Gasteiger partial charge < -0.3 is 13.9 Å². The van der Waals surface area contributed by atoms with Gasteiger partial charge in [0.25, 0.3) is 0 Å². The number of benzene rings is 1. The van der Waals surface area contributed by atoms with E-state index in [2.05, 4.69) is 63.6 Å². The third kappa shape index (κ3) is 9.28. The Morgan fingerprint density at radius 3 is 2.43 bits per heavy atom. The second kappa shape index (κ2) is 12.7. The first-order valence-corrected chi connectivity index (χ1v) is 13.5. The molecule has 0 radical (unpaired) electrons. The van der Waals surface area contributed by atoms with E-state index in [9.17, 15) is 4.79 Å². The molecule has 0 amide bonds. The first kappa shape index (κ1) is 26.1. The van der Waals surface area contributed by atoms with Crippen molar-refractivity contribution >= 4 is 14.5 Å². The Morgan fingerprint density at radius 1 is 1.20 bits per heavy atom. The normalized spacial score (nSPS) is 13.4. The van der Waals surface area contributed by atoms with Crippen LogP contribution in [-0.4, -0.2) is 51.8 Å². The van der Waals surface area contributed by atoms with Crippen LogP contribution in [0.2, 0.25) is 18.1 Å². The zero-order chi connectivity index (χ0) is 22.6. The molecule has 0 bridgehead atoms. The fraction of sp³-hybridized carbons (Fsp3) is 0.542. The summed E-state index contributed by atoms with van der Waals surface area (Å²) in [6.07, 6.45) is 5.17. The molecule has 30 heavy (non-hydrogen) atoms. The van der Waals surface area contributed by atoms with E-state index in [1.54, 1.807) is 6.92 Å². The SMILES string of the molecule is C=CCN(Cc1ccccc1)[C@H](/C=C/COC(=O)OCC)CO[Si](C)(C)C(C)(C)C. The van der Waals surface area contributed by atoms with E-state index < -0.39 is 14.5 Å². The van der Waals surface area contributed by atoms with Gasteiger partial charge in [0, 0.05) is 13.1 Å². The Hall–Kier alpha value is -1.89. The third-order valence-corrected chi connectivity index (χ3v) is 9.90. The Morgan fingerprint density at radius 2 is 1.87 bits per heavy atom. The lowest BCUT2D eigenvalue weighted by Crippen LogP contribution is -2.45. The molecule has 0 aliphatic rings. The molecule has 168 valence electrons. The minimum Gasteiger partial charge on any atom is -0.435 e. The summed E-state index contributed by atoms with van der Waals surface area (Å²) in [6, 6.07) is 10.4. The summed E-state index contributed by atoms with van der Waals surface area (Å²) >= 11 is 0. The zero-order valence-electron chi connectivity index (χ0n) is 19.5. The van der Waals surface area contributed by atoms with E-state index in [4.69, 9.17) is 13.9 Å². The number of hydrogen-bond donors (Lipinski definition) is 0. The van der Waals surface area contributed by atoms with Gasteiger partial charge in [-0.2, -0.15) is 0 Å². The average Bonchev–Trinajstić information content (AvgIpc) is 2.67. The van der Waals surface area contributed by atoms with E-state index in [1.165, 1.54) is 5.56 Å². The van der Waals surface area contributed by atoms with Gasteiger partial charge >= 0.3 is 6.16 Å². The molecule has 0 spiro atoms. The van der Waals surface area contributed by atoms with Gasteiger partial charge in [-0.3, -0.25) is 4.90 Å². The van der Waals surface area contributed by atoms with Gasteiger partial charge in [0.1, 0.15) is 6.61 Å². The topological polar surface area (TPSA) is 48.0 Å². The maximum absolute atomic E-state index is 11.4. The molecule has 1 aromatic carbocycles. The van der Waals surface area contributed by atoms with E-state index >= 15 is 0 Å². The maximum atomic E-state index is 11.4. The molecule has 1 rings (SSSR count). The van der Waals surface area contributed by atoms with Crippen molar-refractivity contribution in [1.29, 1.82) is 0 Å². The number of rotatable bonds is 12. The molecule has 1 atom stereocenters. The number of carbonyl (C=O) groups excluding carboxylic acids is 1. The molecular weight excluding hydrogens is 394 g/mol. The van der Waals surface area contributed by atoms with Crippen LogP contribution in [0, 0.1) is 0 Å². The van der Waals surface area contributed by atoms with Gasteiger partial charge in [0.2, 0.25) is 0 Å². The Labute approximate surface area is 183 Å². The third-order valence-electron chi connectivity index (χ3n) is 5.40. The molecule has 1 aromatic rings. The molecule has 0 fully saturated rings. The predicted molar refractivity (Wildman–Crippen MR) is 126 cm³/mol. The lowest BCUT2D eigenvalue weighted by molar-refractivity contribution is 0.0671. The second-order valence-electron chi connectivity index (χ2n) is 8.76. The summed E-state index contributed by atoms with van der Waals surface area (Å²) in [6.45, 7) is 19.5. The lowest BCUT2D eigenvalue weighted by Gasteiger charge is -2.38. The number of hydrogen-bond acceptors (Lipinski definition) is 5. The Bertz CT molecular complexity index is 668. The van der Waals surface area contributed by atoms with Gasteiger partial charge in [-0.1, -0.05) is 63.3 Å². The van der Waals surface area contributed by atoms with Gasteiger partial charge in [0.15, 0.2) is 8.32 Å². The van der Waals surface area contributed by atoms with Crippen molar-refractivity contribution in [2.75, 3.05) is 26.4 Å². The van der Waals surface area contributed by atoms with E-state index in [0.717, 1.165) is 13.1 Å². The monoisotopic (exact) mass is 433 g/mol. The summed E-state index contributed by atoms with van der Waals surface area (Å²) in [5.74, 6) is 0. The molecule has 0 saturated heterocycles. The molecule has 5 nitrogen and oxygen atoms in total. The molecule has 0 aliphatic heterocycles. The van der Waals surface area contributed by atoms with Crippen LogP contribution in [-0.2, 0) is 20.4 Å². The van der Waals surface area contributed by atoms with Gasteiger partial charge in [-0.25, -0.2) is 4.79 Å². The first-order chi connectivity index (χ1) is 14.1. The van der Waals surface area contributed by atoms with Crippen molar-refractivity contribution in [3.63, 3.8) is 0 Å². The van der Waals surface area contributed by atoms with Crippen molar-refractivity contribution < 1.29 is 18.7 Å². The number of ether oxygens (including phenoxy) is 2. The van der Waals surface area contributed by atoms with Crippen molar-refractivity contribution in [1.82, 2.24) is 4.90 Å². The lowest BCUT2D eigenvalue weighted by atomic mass is 10.1. The van der Waals surface area contributed by atoms with Crippen molar-refractivity contribution in [3.8, 4) is 0 Å². The van der Waals surface area contributed by atoms with Crippen molar-refractivity contribution in [3.05, 3.63) is 60.7 Å². The minimum atomic E-state index is -1.90. The molecule has 0 heterocycles. The largest absolute Gasteiger partial charge is 0.508 e. The fourth-order valence-corrected chi connectivity index (χ4v) is 3.60. The molecule has 0 aliphatic carbocycles. The van der Waals surface area contributed by atoms with Crippen LogP contribution in [0.3, 0.4) is 0 Å². The fourth-order valence-electron chi connectivity index (χ4n) is 2.58. The van der Waals surface area contributed by atoms with E-state index in [1.807, 2.05) is 30.4 Å². The highest BCUT2D eigenvalue weighted by atomic mass is 28.4. The minimum absolute atomic E-state index is 0.0307. The zero-order valence-corrected chi connectivity index (χ0v) is 20.5. The molecular formula is C24H39NO4Si. The van der Waals surface area contributed by atoms with Crippen LogP contribution in [0.1, 0.15) is 33.3 Å². The molecule has 0 unspecified atom stereocenters. The summed E-state index contributed by atoms with van der Waals surface area (Å²) in [5.41, 5.74) is 1.23. The van der Waals surface area contributed by atoms with Crippen LogP contribution < -0.4 is 0 Å². The number of nitrogens with zero attached hydrogens (tertiary/aromatic N) is 1. The first-order valence-electron chi connectivity index (χ1n) is 10.6. The van der Waals surface area contributed by atoms with Crippen LogP contribution in [0.25, 0.3) is 0 Å². The van der Waals surface area contributed by atoms with Crippen LogP contribution in [0.5, 0.6) is 0 Å². The van der Waals surface area contributed by atoms with Gasteiger partial charge in [-0.15, -0.1) is 6.58 Å². The molecule has 6 heteroatoms. The summed E-state index contributed by atoms with van der Waals surface area (Å²) in [7, 11) is -1.90. The number of carbonyl (C=O) groups is 1. The molecule has 0 aromatic heterocycles. The standard InChI is InChI=1S/C24H39NO4Si/c1-8-17-25(19-21-14-11-10-12-15-21)22(16-13-18-28-23(26)27-9-2)20-29-30(6,7)24(3,4)5/h8,10-16,22H,1,9,17-20H2,2-7H3/b16-13+/t22-/m1/s1. The second-order valence-corrected chi connectivity index (χ2v) is 13.6. The highest BCUT2D eigenvalue weighted by Crippen LogP contribution is 2.36. The Kier molecular flexibility index (Phi) is 11.1. The van der Waals surface area contributed by atoms with Gasteiger partial charge in [-0.05, 0) is 36.7 Å². The molecule has 0 N–H and O–H groups in total. The summed E-state index contributed by atoms with van der Waals surface area (Å²) < 4.78 is 16.4. The van der Waals surface area contributed by atoms with Crippen molar-refractivity contribution in [2.45, 2.75) is 58.4 Å². The average molecular weight is 434 g/mol. The van der Waals surface area contributed by atoms with Crippen LogP contribution >= 0.6 is 0 Å². The van der Waals surface area contributed by atoms with E-state index in [-0.39, 0.29) is 17.7 Å². The highest BCUT2D eigenvalue weighted by molar-refractivity contribution is 6.74. The maximum Gasteiger partial charge on any atom is 0.508 e. The molecule has 0 saturated carbocycles. The van der Waals surface area contributed by atoms with E-state index in [0.29, 0.717) is 13.2 Å². The summed E-state index contributed by atoms with van der Waals surface area (Å²) in [4.78, 5) is 13.7. The van der Waals surface area contributed by atoms with Crippen molar-refractivity contribution in [2.24, 2.45) is 0 Å². The summed E-state index contributed by atoms with van der Waals surface area (Å²) in [5, 5.41) is 0.136. The quantitative estimate of drug-likeness (QED) is 0.237. The smallest absolute Gasteiger partial charge is 0.435 e. The highest BCUT2D eigenvalue weighted by Gasteiger charge is 2.37. The van der Waals surface area contributed by atoms with Crippen LogP contribution in [0.4, 0.5) is 4.79 Å².